The Balaban J connectivity index is 2.09. The summed E-state index contributed by atoms with van der Waals surface area (Å²) in [5.74, 6) is 0.0616. The van der Waals surface area contributed by atoms with E-state index in [-0.39, 0.29) is 5.91 Å². The summed E-state index contributed by atoms with van der Waals surface area (Å²) in [6.45, 7) is 2.18. The van der Waals surface area contributed by atoms with Gasteiger partial charge in [0, 0.05) is 12.1 Å². The third kappa shape index (κ3) is 2.74. The van der Waals surface area contributed by atoms with Gasteiger partial charge in [0.25, 0.3) is 0 Å². The normalized spacial score (nSPS) is 22.3. The summed E-state index contributed by atoms with van der Waals surface area (Å²) < 4.78 is 0. The summed E-state index contributed by atoms with van der Waals surface area (Å²) in [7, 11) is 0. The monoisotopic (exact) mass is 153 g/mol. The molecule has 0 aromatic heterocycles. The van der Waals surface area contributed by atoms with E-state index in [0.29, 0.717) is 6.04 Å². The average molecular weight is 153 g/mol. The average Bonchev–Trinajstić information content (AvgIpc) is 2.37. The smallest absolute Gasteiger partial charge is 0.244 e. The largest absolute Gasteiger partial charge is 0.346 e. The van der Waals surface area contributed by atoms with Crippen LogP contribution in [0.15, 0.2) is 12.2 Å². The van der Waals surface area contributed by atoms with Gasteiger partial charge in [0.2, 0.25) is 5.91 Å². The zero-order chi connectivity index (χ0) is 8.10. The van der Waals surface area contributed by atoms with E-state index in [1.54, 1.807) is 6.08 Å². The first-order valence-corrected chi connectivity index (χ1v) is 4.31. The molecule has 0 spiro atoms. The molecule has 0 fully saturated rings. The van der Waals surface area contributed by atoms with Crippen molar-refractivity contribution in [3.05, 3.63) is 12.2 Å². The van der Waals surface area contributed by atoms with Crippen molar-refractivity contribution < 1.29 is 4.79 Å². The van der Waals surface area contributed by atoms with Crippen molar-refractivity contribution in [1.29, 1.82) is 0 Å². The maximum atomic E-state index is 10.7. The van der Waals surface area contributed by atoms with Gasteiger partial charge in [-0.3, -0.25) is 4.79 Å². The maximum absolute atomic E-state index is 10.7. The molecule has 0 saturated heterocycles. The fourth-order valence-electron chi connectivity index (χ4n) is 1.27. The topological polar surface area (TPSA) is 29.1 Å². The highest BCUT2D eigenvalue weighted by Crippen LogP contribution is 2.07. The molecule has 2 heteroatoms. The number of amides is 1. The van der Waals surface area contributed by atoms with E-state index in [1.807, 2.05) is 6.08 Å². The van der Waals surface area contributed by atoms with E-state index in [4.69, 9.17) is 0 Å². The summed E-state index contributed by atoms with van der Waals surface area (Å²) >= 11 is 0. The van der Waals surface area contributed by atoms with Crippen molar-refractivity contribution in [1.82, 2.24) is 5.32 Å². The Kier molecular flexibility index (Phi) is 3.14. The first-order valence-electron chi connectivity index (χ1n) is 4.31. The highest BCUT2D eigenvalue weighted by atomic mass is 16.1. The molecular weight excluding hydrogens is 138 g/mol. The molecule has 2 nitrogen and oxygen atoms in total. The van der Waals surface area contributed by atoms with E-state index in [1.165, 1.54) is 19.3 Å². The molecule has 1 rings (SSSR count). The zero-order valence-corrected chi connectivity index (χ0v) is 6.97. The van der Waals surface area contributed by atoms with Gasteiger partial charge in [-0.2, -0.15) is 0 Å². The maximum Gasteiger partial charge on any atom is 0.244 e. The molecule has 1 aliphatic heterocycles. The highest BCUT2D eigenvalue weighted by Gasteiger charge is 2.12. The van der Waals surface area contributed by atoms with Gasteiger partial charge in [-0.1, -0.05) is 32.3 Å². The standard InChI is InChI=1S/C9H15NO/c1-2-3-4-5-8-6-7-9(11)10-8/h6-8H,2-5H2,1H3,(H,10,11). The molecule has 11 heavy (non-hydrogen) atoms. The molecule has 0 radical (unpaired) electrons. The molecule has 1 heterocycles. The van der Waals surface area contributed by atoms with Crippen molar-refractivity contribution in [2.75, 3.05) is 0 Å². The van der Waals surface area contributed by atoms with E-state index >= 15 is 0 Å². The number of unbranched alkanes of at least 4 members (excludes halogenated alkanes) is 2. The summed E-state index contributed by atoms with van der Waals surface area (Å²) in [6, 6.07) is 0.314. The number of carbonyl (C=O) groups excluding carboxylic acids is 1. The van der Waals surface area contributed by atoms with Crippen LogP contribution in [0.2, 0.25) is 0 Å². The molecule has 0 aromatic rings. The van der Waals surface area contributed by atoms with Crippen LogP contribution in [-0.2, 0) is 4.79 Å². The number of rotatable bonds is 4. The number of hydrogen-bond acceptors (Lipinski definition) is 1. The Labute approximate surface area is 67.7 Å². The van der Waals surface area contributed by atoms with Crippen LogP contribution in [0.25, 0.3) is 0 Å². The number of nitrogens with one attached hydrogen (secondary N) is 1. The Morgan fingerprint density at radius 1 is 1.55 bits per heavy atom. The molecule has 1 atom stereocenters. The lowest BCUT2D eigenvalue weighted by Gasteiger charge is -2.06. The van der Waals surface area contributed by atoms with Gasteiger partial charge in [0.1, 0.15) is 0 Å². The first-order chi connectivity index (χ1) is 5.33. The van der Waals surface area contributed by atoms with E-state index in [9.17, 15) is 4.79 Å². The van der Waals surface area contributed by atoms with Crippen molar-refractivity contribution >= 4 is 5.91 Å². The van der Waals surface area contributed by atoms with Crippen LogP contribution in [0.4, 0.5) is 0 Å². The predicted octanol–water partition coefficient (Wildman–Crippen LogP) is 1.62. The van der Waals surface area contributed by atoms with Crippen LogP contribution in [0.5, 0.6) is 0 Å². The minimum absolute atomic E-state index is 0.0616. The minimum Gasteiger partial charge on any atom is -0.346 e. The van der Waals surface area contributed by atoms with Crippen LogP contribution in [0, 0.1) is 0 Å². The molecule has 1 N–H and O–H groups in total. The van der Waals surface area contributed by atoms with E-state index in [2.05, 4.69) is 12.2 Å². The molecule has 0 bridgehead atoms. The first kappa shape index (κ1) is 8.31. The second-order valence-corrected chi connectivity index (χ2v) is 2.97. The molecule has 1 unspecified atom stereocenters. The molecule has 1 aliphatic rings. The van der Waals surface area contributed by atoms with E-state index < -0.39 is 0 Å². The number of hydrogen-bond donors (Lipinski definition) is 1. The molecule has 0 saturated carbocycles. The predicted molar refractivity (Wildman–Crippen MR) is 45.2 cm³/mol. The van der Waals surface area contributed by atoms with Crippen molar-refractivity contribution in [3.63, 3.8) is 0 Å². The Bertz CT molecular complexity index is 163. The summed E-state index contributed by atoms with van der Waals surface area (Å²) in [5, 5.41) is 2.86. The third-order valence-electron chi connectivity index (χ3n) is 1.93. The SMILES string of the molecule is CCCCCC1C=CC(=O)N1. The zero-order valence-electron chi connectivity index (χ0n) is 6.97. The lowest BCUT2D eigenvalue weighted by molar-refractivity contribution is -0.116. The van der Waals surface area contributed by atoms with Gasteiger partial charge in [0.05, 0.1) is 0 Å². The van der Waals surface area contributed by atoms with E-state index in [0.717, 1.165) is 6.42 Å². The Hall–Kier alpha value is -0.790. The molecule has 1 amide bonds. The second-order valence-electron chi connectivity index (χ2n) is 2.97. The van der Waals surface area contributed by atoms with Crippen LogP contribution in [0.3, 0.4) is 0 Å². The quantitative estimate of drug-likeness (QED) is 0.611. The van der Waals surface area contributed by atoms with Crippen LogP contribution >= 0.6 is 0 Å². The summed E-state index contributed by atoms with van der Waals surface area (Å²) in [5.41, 5.74) is 0. The van der Waals surface area contributed by atoms with Gasteiger partial charge in [-0.15, -0.1) is 0 Å². The van der Waals surface area contributed by atoms with Gasteiger partial charge < -0.3 is 5.32 Å². The fourth-order valence-corrected chi connectivity index (χ4v) is 1.27. The summed E-state index contributed by atoms with van der Waals surface area (Å²) in [4.78, 5) is 10.7. The van der Waals surface area contributed by atoms with Crippen molar-refractivity contribution in [2.24, 2.45) is 0 Å². The molecule has 0 aliphatic carbocycles. The Morgan fingerprint density at radius 3 is 2.91 bits per heavy atom. The van der Waals surface area contributed by atoms with Gasteiger partial charge in [-0.05, 0) is 6.42 Å². The molecule has 0 aromatic carbocycles. The van der Waals surface area contributed by atoms with Crippen molar-refractivity contribution in [2.45, 2.75) is 38.6 Å². The third-order valence-corrected chi connectivity index (χ3v) is 1.93. The van der Waals surface area contributed by atoms with Gasteiger partial charge in [-0.25, -0.2) is 0 Å². The summed E-state index contributed by atoms with van der Waals surface area (Å²) in [6.07, 6.45) is 8.39. The lowest BCUT2D eigenvalue weighted by atomic mass is 10.1. The van der Waals surface area contributed by atoms with Gasteiger partial charge >= 0.3 is 0 Å². The van der Waals surface area contributed by atoms with Crippen LogP contribution in [-0.4, -0.2) is 11.9 Å². The van der Waals surface area contributed by atoms with Crippen LogP contribution < -0.4 is 5.32 Å². The molecular formula is C9H15NO. The van der Waals surface area contributed by atoms with Gasteiger partial charge in [0.15, 0.2) is 0 Å². The lowest BCUT2D eigenvalue weighted by Crippen LogP contribution is -2.25. The molecule has 62 valence electrons. The van der Waals surface area contributed by atoms with Crippen molar-refractivity contribution in [3.8, 4) is 0 Å². The fraction of sp³-hybridized carbons (Fsp3) is 0.667. The minimum atomic E-state index is 0.0616. The second kappa shape index (κ2) is 4.16. The highest BCUT2D eigenvalue weighted by molar-refractivity contribution is 5.90. The van der Waals surface area contributed by atoms with Crippen LogP contribution in [0.1, 0.15) is 32.6 Å². The Morgan fingerprint density at radius 2 is 2.36 bits per heavy atom. The number of carbonyl (C=O) groups is 1.